The van der Waals surface area contributed by atoms with Crippen molar-refractivity contribution in [3.63, 3.8) is 0 Å². The number of fused-ring (bicyclic) bond motifs is 9. The van der Waals surface area contributed by atoms with Gasteiger partial charge in [-0.15, -0.1) is 11.3 Å². The van der Waals surface area contributed by atoms with Crippen molar-refractivity contribution in [2.45, 2.75) is 27.7 Å². The summed E-state index contributed by atoms with van der Waals surface area (Å²) in [6.45, 7) is 8.11. The van der Waals surface area contributed by atoms with Gasteiger partial charge in [-0.05, 0) is 138 Å². The molecule has 3 nitrogen and oxygen atoms in total. The molecule has 11 aromatic carbocycles. The molecule has 3 aromatic heterocycles. The number of rotatable bonds is 6. The highest BCUT2D eigenvalue weighted by molar-refractivity contribution is 7.25. The van der Waals surface area contributed by atoms with E-state index in [0.29, 0.717) is 0 Å². The molecule has 0 unspecified atom stereocenters. The molecule has 364 valence electrons. The number of nitrogens with zero attached hydrogens (tertiary/aromatic N) is 2. The maximum Gasteiger partial charge on any atom is 0.121 e. The number of hydrogen-bond donors (Lipinski definition) is 0. The Hall–Kier alpha value is -8.96. The molecule has 0 bridgehead atoms. The van der Waals surface area contributed by atoms with Crippen molar-refractivity contribution in [3.8, 4) is 50.5 Å². The Bertz CT molecular complexity index is 4040. The summed E-state index contributed by atoms with van der Waals surface area (Å²) in [4.78, 5) is 0. The lowest BCUT2D eigenvalue weighted by Crippen LogP contribution is -2.00. The number of aromatic nitrogens is 2. The fraction of sp³-hybridized carbons (Fsp3) is 0.0704. The molecule has 0 radical (unpaired) electrons. The highest BCUT2D eigenvalue weighted by Gasteiger charge is 2.18. The summed E-state index contributed by atoms with van der Waals surface area (Å²) in [5.74, 6) is 0.956. The fourth-order valence-electron chi connectivity index (χ4n) is 10.4. The molecule has 0 aliphatic carbocycles. The average Bonchev–Trinajstić information content (AvgIpc) is 4.14. The Balaban J connectivity index is 0.000000286. The van der Waals surface area contributed by atoms with E-state index in [4.69, 9.17) is 4.74 Å². The van der Waals surface area contributed by atoms with Crippen LogP contribution in [0.5, 0.6) is 5.75 Å². The van der Waals surface area contributed by atoms with Gasteiger partial charge in [0.25, 0.3) is 0 Å². The molecule has 14 aromatic rings. The molecule has 3 heterocycles. The summed E-state index contributed by atoms with van der Waals surface area (Å²) in [6.07, 6.45) is 0. The normalized spacial score (nSPS) is 11.0. The molecule has 14 rings (SSSR count). The predicted octanol–water partition coefficient (Wildman–Crippen LogP) is 20.3. The summed E-state index contributed by atoms with van der Waals surface area (Å²) in [5, 5.41) is 7.63. The maximum atomic E-state index is 5.04. The number of benzene rings is 11. The lowest BCUT2D eigenvalue weighted by Gasteiger charge is -2.17. The Morgan fingerprint density at radius 3 is 1.19 bits per heavy atom. The van der Waals surface area contributed by atoms with Crippen LogP contribution in [0.3, 0.4) is 0 Å². The quantitative estimate of drug-likeness (QED) is 0.162. The van der Waals surface area contributed by atoms with E-state index in [-0.39, 0.29) is 0 Å². The van der Waals surface area contributed by atoms with Crippen LogP contribution >= 0.6 is 11.3 Å². The number of methoxy groups -OCH3 is 1. The van der Waals surface area contributed by atoms with Gasteiger partial charge in [0, 0.05) is 53.1 Å². The van der Waals surface area contributed by atoms with Gasteiger partial charge in [-0.2, -0.15) is 0 Å². The first kappa shape index (κ1) is 48.3. The first-order valence-corrected chi connectivity index (χ1v) is 26.7. The van der Waals surface area contributed by atoms with Crippen molar-refractivity contribution in [3.05, 3.63) is 272 Å². The van der Waals surface area contributed by atoms with Gasteiger partial charge in [-0.25, -0.2) is 0 Å². The van der Waals surface area contributed by atoms with Gasteiger partial charge in [0.15, 0.2) is 0 Å². The third kappa shape index (κ3) is 9.61. The Kier molecular flexibility index (Phi) is 13.9. The van der Waals surface area contributed by atoms with Gasteiger partial charge >= 0.3 is 0 Å². The monoisotopic (exact) mass is 986 g/mol. The van der Waals surface area contributed by atoms with Crippen LogP contribution in [0.2, 0.25) is 0 Å². The third-order valence-corrected chi connectivity index (χ3v) is 15.1. The van der Waals surface area contributed by atoms with Crippen LogP contribution in [0.15, 0.2) is 261 Å². The summed E-state index contributed by atoms with van der Waals surface area (Å²) in [7, 11) is 1.68. The van der Waals surface area contributed by atoms with Gasteiger partial charge in [0.05, 0.1) is 29.2 Å². The minimum Gasteiger partial charge on any atom is -0.496 e. The van der Waals surface area contributed by atoms with Crippen LogP contribution in [0.4, 0.5) is 0 Å². The van der Waals surface area contributed by atoms with Crippen molar-refractivity contribution in [2.24, 2.45) is 0 Å². The third-order valence-electron chi connectivity index (χ3n) is 13.9. The minimum absolute atomic E-state index is 0.956. The zero-order valence-electron chi connectivity index (χ0n) is 43.0. The number of aryl methyl sites for hydroxylation is 2. The summed E-state index contributed by atoms with van der Waals surface area (Å²) >= 11 is 1.86. The first-order valence-electron chi connectivity index (χ1n) is 25.8. The lowest BCUT2D eigenvalue weighted by molar-refractivity contribution is 0.411. The topological polar surface area (TPSA) is 19.1 Å². The van der Waals surface area contributed by atoms with Crippen molar-refractivity contribution >= 4 is 75.1 Å². The van der Waals surface area contributed by atoms with E-state index in [0.717, 1.165) is 22.7 Å². The van der Waals surface area contributed by atoms with E-state index in [1.54, 1.807) is 7.11 Å². The second-order valence-electron chi connectivity index (χ2n) is 18.6. The van der Waals surface area contributed by atoms with E-state index in [2.05, 4.69) is 234 Å². The van der Waals surface area contributed by atoms with Gasteiger partial charge in [0.1, 0.15) is 5.75 Å². The first-order chi connectivity index (χ1) is 37.0. The van der Waals surface area contributed by atoms with E-state index in [9.17, 15) is 0 Å². The molecular weight excluding hydrogens is 929 g/mol. The number of thiophene rings is 1. The van der Waals surface area contributed by atoms with Gasteiger partial charge in [-0.3, -0.25) is 0 Å². The summed E-state index contributed by atoms with van der Waals surface area (Å²) in [5.41, 5.74) is 16.7. The second-order valence-corrected chi connectivity index (χ2v) is 19.7. The highest BCUT2D eigenvalue weighted by Crippen LogP contribution is 2.41. The number of para-hydroxylation sites is 5. The second kappa shape index (κ2) is 21.6. The van der Waals surface area contributed by atoms with Crippen LogP contribution in [0.25, 0.3) is 109 Å². The zero-order valence-corrected chi connectivity index (χ0v) is 43.9. The highest BCUT2D eigenvalue weighted by atomic mass is 32.1. The molecule has 0 amide bonds. The lowest BCUT2D eigenvalue weighted by atomic mass is 9.92. The van der Waals surface area contributed by atoms with Crippen molar-refractivity contribution < 1.29 is 4.74 Å². The molecule has 0 saturated carbocycles. The smallest absolute Gasteiger partial charge is 0.121 e. The Labute approximate surface area is 443 Å². The standard InChI is InChI=1S/C54H34N2S.C8H10O.C7H8.C2H6/c1-2-14-35(15-3-1)37-28-38(36-26-27-54-48(33-36)47-20-8-13-25-53(47)57-54)30-39(29-37)40-31-41(55-49-21-9-4-16-43(49)44-17-5-10-22-50(44)55)34-42(32-40)56-51-23-11-6-18-45(51)46-19-7-12-24-52(46)56;1-7-5-3-4-6-8(7)9-2;1-7-5-3-2-4-6-7;1-2/h1-34H;3-6H,1-2H3;2-6H,1H3;1-2H3. The number of hydrogen-bond acceptors (Lipinski definition) is 2. The van der Waals surface area contributed by atoms with Crippen LogP contribution < -0.4 is 4.74 Å². The molecule has 75 heavy (non-hydrogen) atoms. The van der Waals surface area contributed by atoms with Gasteiger partial charge < -0.3 is 13.9 Å². The van der Waals surface area contributed by atoms with Crippen LogP contribution in [0.1, 0.15) is 25.0 Å². The summed E-state index contributed by atoms with van der Waals surface area (Å²) < 4.78 is 12.6. The predicted molar refractivity (Wildman–Crippen MR) is 325 cm³/mol. The molecular formula is C71H58N2OS. The SMILES string of the molecule is CC.COc1ccccc1C.Cc1ccccc1.c1ccc(-c2cc(-c3cc(-n4c5ccccc5c5ccccc54)cc(-n4c5ccccc5c5ccccc54)c3)cc(-c3ccc4sc5ccccc5c4c3)c2)cc1. The molecule has 0 saturated heterocycles. The number of ether oxygens (including phenoxy) is 1. The van der Waals surface area contributed by atoms with Crippen LogP contribution in [0, 0.1) is 13.8 Å². The largest absolute Gasteiger partial charge is 0.496 e. The van der Waals surface area contributed by atoms with E-state index >= 15 is 0 Å². The molecule has 0 fully saturated rings. The molecule has 0 atom stereocenters. The van der Waals surface area contributed by atoms with Gasteiger partial charge in [0.2, 0.25) is 0 Å². The van der Waals surface area contributed by atoms with Gasteiger partial charge in [-0.1, -0.05) is 195 Å². The Morgan fingerprint density at radius 2 is 0.707 bits per heavy atom. The Morgan fingerprint density at radius 1 is 0.307 bits per heavy atom. The van der Waals surface area contributed by atoms with E-state index < -0.39 is 0 Å². The molecule has 0 aliphatic heterocycles. The van der Waals surface area contributed by atoms with Crippen molar-refractivity contribution in [1.82, 2.24) is 9.13 Å². The minimum atomic E-state index is 0.956. The van der Waals surface area contributed by atoms with E-state index in [1.807, 2.05) is 74.6 Å². The fourth-order valence-corrected chi connectivity index (χ4v) is 11.5. The van der Waals surface area contributed by atoms with Crippen LogP contribution in [-0.4, -0.2) is 16.2 Å². The van der Waals surface area contributed by atoms with E-state index in [1.165, 1.54) is 103 Å². The average molecular weight is 987 g/mol. The molecule has 0 N–H and O–H groups in total. The van der Waals surface area contributed by atoms with Crippen molar-refractivity contribution in [1.29, 1.82) is 0 Å². The maximum absolute atomic E-state index is 5.04. The van der Waals surface area contributed by atoms with Crippen LogP contribution in [-0.2, 0) is 0 Å². The summed E-state index contributed by atoms with van der Waals surface area (Å²) in [6, 6.07) is 94.2. The molecule has 4 heteroatoms. The zero-order chi connectivity index (χ0) is 51.3. The van der Waals surface area contributed by atoms with Crippen molar-refractivity contribution in [2.75, 3.05) is 7.11 Å². The molecule has 0 spiro atoms. The molecule has 0 aliphatic rings.